The van der Waals surface area contributed by atoms with Crippen LogP contribution in [0.5, 0.6) is 0 Å². The van der Waals surface area contributed by atoms with Crippen LogP contribution in [0.2, 0.25) is 0 Å². The SMILES string of the molecule is CCNC(C)(C#N)CCCOCCCC(F)(F)F. The molecule has 0 bridgehead atoms. The molecule has 0 saturated heterocycles. The van der Waals surface area contributed by atoms with Crippen LogP contribution in [0.4, 0.5) is 13.2 Å². The van der Waals surface area contributed by atoms with Gasteiger partial charge >= 0.3 is 6.18 Å². The molecule has 0 aliphatic heterocycles. The predicted octanol–water partition coefficient (Wildman–Crippen LogP) is 3.02. The van der Waals surface area contributed by atoms with Crippen LogP contribution in [0.15, 0.2) is 0 Å². The van der Waals surface area contributed by atoms with Crippen molar-refractivity contribution >= 4 is 0 Å². The molecule has 0 radical (unpaired) electrons. The van der Waals surface area contributed by atoms with Crippen molar-refractivity contribution in [3.8, 4) is 6.07 Å². The number of nitrogens with zero attached hydrogens (tertiary/aromatic N) is 1. The van der Waals surface area contributed by atoms with Gasteiger partial charge in [-0.15, -0.1) is 0 Å². The zero-order chi connectivity index (χ0) is 14.1. The van der Waals surface area contributed by atoms with E-state index in [2.05, 4.69) is 11.4 Å². The van der Waals surface area contributed by atoms with Crippen molar-refractivity contribution in [2.24, 2.45) is 0 Å². The van der Waals surface area contributed by atoms with Crippen LogP contribution < -0.4 is 5.32 Å². The number of halogens is 3. The zero-order valence-corrected chi connectivity index (χ0v) is 10.9. The van der Waals surface area contributed by atoms with Crippen molar-refractivity contribution in [3.63, 3.8) is 0 Å². The molecule has 0 fully saturated rings. The number of ether oxygens (including phenoxy) is 1. The maximum Gasteiger partial charge on any atom is 0.389 e. The lowest BCUT2D eigenvalue weighted by Gasteiger charge is -2.22. The molecule has 0 saturated carbocycles. The molecule has 18 heavy (non-hydrogen) atoms. The summed E-state index contributed by atoms with van der Waals surface area (Å²) in [5.41, 5.74) is -0.579. The Kier molecular flexibility index (Phi) is 7.96. The number of nitriles is 1. The highest BCUT2D eigenvalue weighted by Gasteiger charge is 2.26. The summed E-state index contributed by atoms with van der Waals surface area (Å²) in [4.78, 5) is 0. The molecule has 0 rings (SSSR count). The first-order valence-electron chi connectivity index (χ1n) is 6.14. The van der Waals surface area contributed by atoms with Gasteiger partial charge in [0, 0.05) is 19.6 Å². The average Bonchev–Trinajstić information content (AvgIpc) is 2.27. The van der Waals surface area contributed by atoms with Gasteiger partial charge in [0.2, 0.25) is 0 Å². The Hall–Kier alpha value is -0.800. The van der Waals surface area contributed by atoms with Crippen molar-refractivity contribution in [3.05, 3.63) is 0 Å². The third kappa shape index (κ3) is 9.25. The second-order valence-corrected chi connectivity index (χ2v) is 4.41. The molecule has 0 aromatic carbocycles. The molecule has 1 atom stereocenters. The van der Waals surface area contributed by atoms with Crippen molar-refractivity contribution in [2.45, 2.75) is 51.2 Å². The molecule has 1 N–H and O–H groups in total. The predicted molar refractivity (Wildman–Crippen MR) is 63.0 cm³/mol. The first-order valence-corrected chi connectivity index (χ1v) is 6.14. The minimum absolute atomic E-state index is 0.00771. The number of nitrogens with one attached hydrogen (secondary N) is 1. The Morgan fingerprint density at radius 3 is 2.17 bits per heavy atom. The summed E-state index contributed by atoms with van der Waals surface area (Å²) >= 11 is 0. The van der Waals surface area contributed by atoms with Gasteiger partial charge in [0.05, 0.1) is 6.07 Å². The molecule has 0 heterocycles. The highest BCUT2D eigenvalue weighted by atomic mass is 19.4. The van der Waals surface area contributed by atoms with Crippen molar-refractivity contribution in [1.82, 2.24) is 5.32 Å². The van der Waals surface area contributed by atoms with Gasteiger partial charge in [0.1, 0.15) is 5.54 Å². The van der Waals surface area contributed by atoms with Gasteiger partial charge in [0.15, 0.2) is 0 Å². The summed E-state index contributed by atoms with van der Waals surface area (Å²) in [5, 5.41) is 12.0. The summed E-state index contributed by atoms with van der Waals surface area (Å²) in [6, 6.07) is 2.19. The molecule has 0 aliphatic carbocycles. The van der Waals surface area contributed by atoms with E-state index in [1.807, 2.05) is 6.92 Å². The summed E-state index contributed by atoms with van der Waals surface area (Å²) in [6.45, 7) is 4.93. The third-order valence-electron chi connectivity index (χ3n) is 2.53. The summed E-state index contributed by atoms with van der Waals surface area (Å²) in [6.07, 6.45) is -3.64. The van der Waals surface area contributed by atoms with E-state index in [1.165, 1.54) is 0 Å². The Labute approximate surface area is 106 Å². The summed E-state index contributed by atoms with van der Waals surface area (Å²) in [7, 11) is 0. The van der Waals surface area contributed by atoms with Crippen molar-refractivity contribution in [2.75, 3.05) is 19.8 Å². The molecular formula is C12H21F3N2O. The number of hydrogen-bond acceptors (Lipinski definition) is 3. The lowest BCUT2D eigenvalue weighted by Crippen LogP contribution is -2.40. The Morgan fingerprint density at radius 1 is 1.17 bits per heavy atom. The molecule has 6 heteroatoms. The zero-order valence-electron chi connectivity index (χ0n) is 10.9. The fraction of sp³-hybridized carbons (Fsp3) is 0.917. The highest BCUT2D eigenvalue weighted by Crippen LogP contribution is 2.21. The van der Waals surface area contributed by atoms with Gasteiger partial charge in [-0.25, -0.2) is 0 Å². The highest BCUT2D eigenvalue weighted by molar-refractivity contribution is 5.03. The second-order valence-electron chi connectivity index (χ2n) is 4.41. The Bertz CT molecular complexity index is 263. The smallest absolute Gasteiger partial charge is 0.381 e. The minimum Gasteiger partial charge on any atom is -0.381 e. The van der Waals surface area contributed by atoms with Crippen LogP contribution in [-0.2, 0) is 4.74 Å². The van der Waals surface area contributed by atoms with E-state index in [9.17, 15) is 13.2 Å². The molecule has 0 aromatic rings. The lowest BCUT2D eigenvalue weighted by molar-refractivity contribution is -0.137. The minimum atomic E-state index is -4.10. The average molecular weight is 266 g/mol. The molecule has 1 unspecified atom stereocenters. The van der Waals surface area contributed by atoms with Crippen LogP contribution in [0.1, 0.15) is 39.5 Å². The first-order chi connectivity index (χ1) is 8.33. The summed E-state index contributed by atoms with van der Waals surface area (Å²) < 4.78 is 40.6. The van der Waals surface area contributed by atoms with Gasteiger partial charge in [-0.3, -0.25) is 5.32 Å². The quantitative estimate of drug-likeness (QED) is 0.652. The number of hydrogen-bond donors (Lipinski definition) is 1. The maximum absolute atomic E-state index is 11.8. The lowest BCUT2D eigenvalue weighted by atomic mass is 9.98. The van der Waals surface area contributed by atoms with Gasteiger partial charge < -0.3 is 4.74 Å². The molecular weight excluding hydrogens is 245 g/mol. The van der Waals surface area contributed by atoms with E-state index in [1.54, 1.807) is 6.92 Å². The third-order valence-corrected chi connectivity index (χ3v) is 2.53. The van der Waals surface area contributed by atoms with Crippen LogP contribution in [0.3, 0.4) is 0 Å². The van der Waals surface area contributed by atoms with Gasteiger partial charge in [-0.05, 0) is 32.7 Å². The van der Waals surface area contributed by atoms with Crippen LogP contribution in [-0.4, -0.2) is 31.5 Å². The van der Waals surface area contributed by atoms with Gasteiger partial charge in [0.25, 0.3) is 0 Å². The number of alkyl halides is 3. The standard InChI is InChI=1S/C12H21F3N2O/c1-3-17-11(2,10-16)6-4-8-18-9-5-7-12(13,14)15/h17H,3-9H2,1-2H3. The van der Waals surface area contributed by atoms with Gasteiger partial charge in [-0.1, -0.05) is 6.92 Å². The normalized spacial score (nSPS) is 15.1. The van der Waals surface area contributed by atoms with Gasteiger partial charge in [-0.2, -0.15) is 18.4 Å². The Balaban J connectivity index is 3.54. The monoisotopic (exact) mass is 266 g/mol. The molecule has 0 aromatic heterocycles. The first kappa shape index (κ1) is 17.2. The second kappa shape index (κ2) is 8.33. The summed E-state index contributed by atoms with van der Waals surface area (Å²) in [5.74, 6) is 0. The maximum atomic E-state index is 11.8. The molecule has 0 amide bonds. The van der Waals surface area contributed by atoms with E-state index < -0.39 is 18.1 Å². The van der Waals surface area contributed by atoms with E-state index >= 15 is 0 Å². The number of rotatable bonds is 9. The van der Waals surface area contributed by atoms with E-state index in [0.717, 1.165) is 0 Å². The molecule has 0 aliphatic rings. The van der Waals surface area contributed by atoms with E-state index in [4.69, 9.17) is 10.00 Å². The fourth-order valence-electron chi connectivity index (χ4n) is 1.58. The Morgan fingerprint density at radius 2 is 1.72 bits per heavy atom. The van der Waals surface area contributed by atoms with Crippen molar-refractivity contribution < 1.29 is 17.9 Å². The van der Waals surface area contributed by atoms with Crippen LogP contribution in [0, 0.1) is 11.3 Å². The fourth-order valence-corrected chi connectivity index (χ4v) is 1.58. The molecule has 106 valence electrons. The van der Waals surface area contributed by atoms with Crippen LogP contribution >= 0.6 is 0 Å². The molecule has 0 spiro atoms. The topological polar surface area (TPSA) is 45.0 Å². The van der Waals surface area contributed by atoms with E-state index in [-0.39, 0.29) is 13.0 Å². The largest absolute Gasteiger partial charge is 0.389 e. The molecule has 3 nitrogen and oxygen atoms in total. The van der Waals surface area contributed by atoms with Crippen LogP contribution in [0.25, 0.3) is 0 Å². The van der Waals surface area contributed by atoms with Crippen molar-refractivity contribution in [1.29, 1.82) is 5.26 Å². The van der Waals surface area contributed by atoms with E-state index in [0.29, 0.717) is 26.0 Å².